The zero-order valence-corrected chi connectivity index (χ0v) is 11.8. The Kier molecular flexibility index (Phi) is 2.59. The van der Waals surface area contributed by atoms with E-state index in [0.29, 0.717) is 0 Å². The third kappa shape index (κ3) is 1.92. The summed E-state index contributed by atoms with van der Waals surface area (Å²) in [7, 11) is 0. The van der Waals surface area contributed by atoms with Crippen molar-refractivity contribution in [1.29, 1.82) is 0 Å². The minimum absolute atomic E-state index is 0.0371. The van der Waals surface area contributed by atoms with Gasteiger partial charge in [-0.2, -0.15) is 0 Å². The van der Waals surface area contributed by atoms with Crippen molar-refractivity contribution in [3.63, 3.8) is 0 Å². The van der Waals surface area contributed by atoms with Crippen LogP contribution in [0.15, 0.2) is 58.7 Å². The number of pyridine rings is 1. The van der Waals surface area contributed by atoms with E-state index in [9.17, 15) is 9.90 Å². The van der Waals surface area contributed by atoms with E-state index in [1.165, 1.54) is 11.3 Å². The van der Waals surface area contributed by atoms with Crippen molar-refractivity contribution in [2.45, 2.75) is 0 Å². The summed E-state index contributed by atoms with van der Waals surface area (Å²) >= 11 is 1.46. The van der Waals surface area contributed by atoms with Crippen LogP contribution in [0.4, 0.5) is 0 Å². The molecular weight excluding hydrogens is 282 g/mol. The number of nitrogens with one attached hydrogen (secondary N) is 1. The molecule has 0 saturated heterocycles. The summed E-state index contributed by atoms with van der Waals surface area (Å²) in [5.74, 6) is 0.254. The molecule has 0 bridgehead atoms. The third-order valence-electron chi connectivity index (χ3n) is 3.63. The summed E-state index contributed by atoms with van der Waals surface area (Å²) < 4.78 is 0.755. The number of fused-ring (bicyclic) bond motifs is 3. The molecule has 102 valence electrons. The van der Waals surface area contributed by atoms with Crippen molar-refractivity contribution in [3.05, 3.63) is 64.3 Å². The maximum atomic E-state index is 12.0. The van der Waals surface area contributed by atoms with E-state index in [-0.39, 0.29) is 11.3 Å². The van der Waals surface area contributed by atoms with Crippen molar-refractivity contribution in [2.24, 2.45) is 0 Å². The fraction of sp³-hybridized carbons (Fsp3) is 0. The summed E-state index contributed by atoms with van der Waals surface area (Å²) in [6, 6.07) is 15.1. The lowest BCUT2D eigenvalue weighted by Gasteiger charge is -2.05. The van der Waals surface area contributed by atoms with Crippen LogP contribution in [0.3, 0.4) is 0 Å². The van der Waals surface area contributed by atoms with Crippen LogP contribution in [-0.2, 0) is 0 Å². The van der Waals surface area contributed by atoms with Crippen LogP contribution in [0.1, 0.15) is 0 Å². The minimum Gasteiger partial charge on any atom is -0.508 e. The highest BCUT2D eigenvalue weighted by molar-refractivity contribution is 7.17. The first-order valence-electron chi connectivity index (χ1n) is 6.55. The number of phenolic OH excluding ortho intramolecular Hbond substituents is 1. The Bertz CT molecular complexity index is 1010. The average Bonchev–Trinajstić information content (AvgIpc) is 2.98. The van der Waals surface area contributed by atoms with E-state index in [4.69, 9.17) is 0 Å². The number of rotatable bonds is 1. The van der Waals surface area contributed by atoms with Gasteiger partial charge in [-0.25, -0.2) is 0 Å². The molecule has 3 nitrogen and oxygen atoms in total. The van der Waals surface area contributed by atoms with Crippen molar-refractivity contribution in [3.8, 4) is 16.9 Å². The number of hydrogen-bond acceptors (Lipinski definition) is 3. The molecule has 0 amide bonds. The van der Waals surface area contributed by atoms with E-state index >= 15 is 0 Å². The molecule has 0 aliphatic carbocycles. The van der Waals surface area contributed by atoms with E-state index < -0.39 is 0 Å². The van der Waals surface area contributed by atoms with Gasteiger partial charge < -0.3 is 10.1 Å². The molecule has 0 fully saturated rings. The molecule has 21 heavy (non-hydrogen) atoms. The van der Waals surface area contributed by atoms with Gasteiger partial charge in [-0.3, -0.25) is 4.79 Å². The van der Waals surface area contributed by atoms with E-state index in [1.54, 1.807) is 12.1 Å². The molecule has 4 heteroatoms. The van der Waals surface area contributed by atoms with Gasteiger partial charge in [0.05, 0.1) is 0 Å². The molecule has 0 radical (unpaired) electrons. The lowest BCUT2D eigenvalue weighted by molar-refractivity contribution is 0.475. The van der Waals surface area contributed by atoms with Gasteiger partial charge in [0.25, 0.3) is 5.56 Å². The van der Waals surface area contributed by atoms with E-state index in [0.717, 1.165) is 32.1 Å². The monoisotopic (exact) mass is 293 g/mol. The average molecular weight is 293 g/mol. The summed E-state index contributed by atoms with van der Waals surface area (Å²) in [6.07, 6.45) is 0. The van der Waals surface area contributed by atoms with Crippen LogP contribution >= 0.6 is 11.3 Å². The molecule has 2 aromatic carbocycles. The highest BCUT2D eigenvalue weighted by Crippen LogP contribution is 2.29. The van der Waals surface area contributed by atoms with Gasteiger partial charge >= 0.3 is 0 Å². The van der Waals surface area contributed by atoms with Gasteiger partial charge in [0.15, 0.2) is 0 Å². The fourth-order valence-electron chi connectivity index (χ4n) is 2.59. The number of aromatic amines is 1. The summed E-state index contributed by atoms with van der Waals surface area (Å²) in [5.41, 5.74) is 2.89. The maximum absolute atomic E-state index is 12.0. The van der Waals surface area contributed by atoms with Crippen molar-refractivity contribution in [1.82, 2.24) is 4.98 Å². The topological polar surface area (TPSA) is 53.1 Å². The van der Waals surface area contributed by atoms with Gasteiger partial charge in [-0.05, 0) is 46.8 Å². The Morgan fingerprint density at radius 2 is 1.67 bits per heavy atom. The summed E-state index contributed by atoms with van der Waals surface area (Å²) in [4.78, 5) is 14.9. The fourth-order valence-corrected chi connectivity index (χ4v) is 3.39. The van der Waals surface area contributed by atoms with Crippen molar-refractivity contribution >= 4 is 32.3 Å². The van der Waals surface area contributed by atoms with Gasteiger partial charge in [0, 0.05) is 16.3 Å². The van der Waals surface area contributed by atoms with Crippen LogP contribution in [-0.4, -0.2) is 10.1 Å². The molecule has 4 aromatic rings. The predicted octanol–water partition coefficient (Wildman–Crippen LogP) is 4.12. The first kappa shape index (κ1) is 12.2. The molecular formula is C17H11NO2S. The molecule has 0 aliphatic rings. The smallest absolute Gasteiger partial charge is 0.266 e. The lowest BCUT2D eigenvalue weighted by Crippen LogP contribution is -2.03. The van der Waals surface area contributed by atoms with Gasteiger partial charge in [0.2, 0.25) is 0 Å². The van der Waals surface area contributed by atoms with Gasteiger partial charge in [-0.15, -0.1) is 11.3 Å². The number of H-pyrrole nitrogens is 1. The van der Waals surface area contributed by atoms with Gasteiger partial charge in [-0.1, -0.05) is 18.2 Å². The molecule has 2 aromatic heterocycles. The summed E-state index contributed by atoms with van der Waals surface area (Å²) in [5, 5.41) is 13.3. The number of hydrogen-bond donors (Lipinski definition) is 2. The Morgan fingerprint density at radius 3 is 2.48 bits per heavy atom. The van der Waals surface area contributed by atoms with Crippen LogP contribution < -0.4 is 5.56 Å². The molecule has 2 heterocycles. The third-order valence-corrected chi connectivity index (χ3v) is 4.54. The first-order chi connectivity index (χ1) is 10.2. The Morgan fingerprint density at radius 1 is 0.905 bits per heavy atom. The Hall–Kier alpha value is -2.59. The normalized spacial score (nSPS) is 11.2. The number of aromatic hydroxyl groups is 1. The summed E-state index contributed by atoms with van der Waals surface area (Å²) in [6.45, 7) is 0. The number of phenols is 1. The van der Waals surface area contributed by atoms with Crippen molar-refractivity contribution < 1.29 is 5.11 Å². The van der Waals surface area contributed by atoms with Crippen LogP contribution in [0.2, 0.25) is 0 Å². The van der Waals surface area contributed by atoms with Gasteiger partial charge in [0.1, 0.15) is 10.4 Å². The first-order valence-corrected chi connectivity index (χ1v) is 7.43. The number of thiophene rings is 1. The van der Waals surface area contributed by atoms with Crippen LogP contribution in [0.25, 0.3) is 32.1 Å². The Labute approximate surface area is 124 Å². The molecule has 0 atom stereocenters. The van der Waals surface area contributed by atoms with Crippen LogP contribution in [0.5, 0.6) is 5.75 Å². The second-order valence-corrected chi connectivity index (χ2v) is 5.84. The lowest BCUT2D eigenvalue weighted by atomic mass is 10.0. The molecule has 0 aliphatic heterocycles. The molecule has 0 saturated carbocycles. The van der Waals surface area contributed by atoms with E-state index in [1.807, 2.05) is 35.7 Å². The largest absolute Gasteiger partial charge is 0.508 e. The molecule has 0 spiro atoms. The minimum atomic E-state index is -0.0371. The SMILES string of the molecule is O=c1[nH]c2ccc(-c3ccc(O)cc3)cc2c2ccsc12. The molecule has 0 unspecified atom stereocenters. The number of benzene rings is 2. The van der Waals surface area contributed by atoms with Crippen molar-refractivity contribution in [2.75, 3.05) is 0 Å². The Balaban J connectivity index is 2.03. The maximum Gasteiger partial charge on any atom is 0.266 e. The standard InChI is InChI=1S/C17H11NO2S/c19-12-4-1-10(2-5-12)11-3-6-15-14(9-11)13-7-8-21-16(13)17(20)18-15/h1-9,19H,(H,18,20). The molecule has 4 rings (SSSR count). The highest BCUT2D eigenvalue weighted by Gasteiger charge is 2.07. The predicted molar refractivity (Wildman–Crippen MR) is 87.1 cm³/mol. The second kappa shape index (κ2) is 4.46. The number of aromatic nitrogens is 1. The molecule has 2 N–H and O–H groups in total. The zero-order chi connectivity index (χ0) is 14.4. The quantitative estimate of drug-likeness (QED) is 0.555. The second-order valence-electron chi connectivity index (χ2n) is 4.92. The zero-order valence-electron chi connectivity index (χ0n) is 11.0. The highest BCUT2D eigenvalue weighted by atomic mass is 32.1. The van der Waals surface area contributed by atoms with Crippen LogP contribution in [0, 0.1) is 0 Å². The van der Waals surface area contributed by atoms with E-state index in [2.05, 4.69) is 11.1 Å².